The zero-order valence-corrected chi connectivity index (χ0v) is 10.4. The molecule has 1 aliphatic rings. The van der Waals surface area contributed by atoms with E-state index in [0.717, 1.165) is 31.8 Å². The van der Waals surface area contributed by atoms with Crippen molar-refractivity contribution in [2.45, 2.75) is 38.9 Å². The number of aromatic nitrogens is 3. The molecule has 1 amide bonds. The van der Waals surface area contributed by atoms with Crippen molar-refractivity contribution in [1.29, 1.82) is 0 Å². The first-order chi connectivity index (χ1) is 8.26. The molecule has 1 N–H and O–H groups in total. The summed E-state index contributed by atoms with van der Waals surface area (Å²) in [5.41, 5.74) is 0. The predicted octanol–water partition coefficient (Wildman–Crippen LogP) is 0.00840. The molecule has 0 bridgehead atoms. The number of likely N-dealkylation sites (tertiary alicyclic amines) is 1. The molecule has 1 saturated heterocycles. The van der Waals surface area contributed by atoms with Gasteiger partial charge in [-0.1, -0.05) is 0 Å². The lowest BCUT2D eigenvalue weighted by atomic mass is 10.1. The number of aryl methyl sites for hydroxylation is 1. The SMILES string of the molecule is CCn1cnnc1CN1CCCC(NC)C1=O. The van der Waals surface area contributed by atoms with E-state index >= 15 is 0 Å². The van der Waals surface area contributed by atoms with Crippen molar-refractivity contribution in [1.82, 2.24) is 25.0 Å². The number of hydrogen-bond acceptors (Lipinski definition) is 4. The number of hydrogen-bond donors (Lipinski definition) is 1. The number of nitrogens with one attached hydrogen (secondary N) is 1. The molecule has 1 unspecified atom stereocenters. The lowest BCUT2D eigenvalue weighted by Crippen LogP contribution is -2.49. The summed E-state index contributed by atoms with van der Waals surface area (Å²) in [6, 6.07) is -0.0400. The molecule has 0 spiro atoms. The van der Waals surface area contributed by atoms with Crippen LogP contribution in [0.5, 0.6) is 0 Å². The van der Waals surface area contributed by atoms with E-state index in [9.17, 15) is 4.79 Å². The molecule has 1 aliphatic heterocycles. The zero-order valence-electron chi connectivity index (χ0n) is 10.4. The standard InChI is InChI=1S/C11H19N5O/c1-3-15-8-13-14-10(15)7-16-6-4-5-9(12-2)11(16)17/h8-9,12H,3-7H2,1-2H3. The lowest BCUT2D eigenvalue weighted by Gasteiger charge is -2.31. The van der Waals surface area contributed by atoms with E-state index in [-0.39, 0.29) is 11.9 Å². The minimum Gasteiger partial charge on any atom is -0.334 e. The molecule has 2 rings (SSSR count). The number of amides is 1. The van der Waals surface area contributed by atoms with Gasteiger partial charge in [0.2, 0.25) is 5.91 Å². The van der Waals surface area contributed by atoms with Crippen molar-refractivity contribution in [2.75, 3.05) is 13.6 Å². The average molecular weight is 237 g/mol. The Morgan fingerprint density at radius 2 is 2.41 bits per heavy atom. The Balaban J connectivity index is 2.05. The molecule has 6 nitrogen and oxygen atoms in total. The molecule has 1 aromatic heterocycles. The summed E-state index contributed by atoms with van der Waals surface area (Å²) in [5.74, 6) is 1.03. The molecule has 0 aromatic carbocycles. The Morgan fingerprint density at radius 1 is 1.59 bits per heavy atom. The van der Waals surface area contributed by atoms with E-state index in [2.05, 4.69) is 15.5 Å². The van der Waals surface area contributed by atoms with Crippen LogP contribution < -0.4 is 5.32 Å². The van der Waals surface area contributed by atoms with Gasteiger partial charge in [-0.05, 0) is 26.8 Å². The fraction of sp³-hybridized carbons (Fsp3) is 0.727. The topological polar surface area (TPSA) is 63.1 Å². The van der Waals surface area contributed by atoms with E-state index in [1.165, 1.54) is 0 Å². The van der Waals surface area contributed by atoms with Crippen molar-refractivity contribution >= 4 is 5.91 Å². The van der Waals surface area contributed by atoms with Gasteiger partial charge in [0.15, 0.2) is 5.82 Å². The molecular formula is C11H19N5O. The van der Waals surface area contributed by atoms with Crippen LogP contribution in [0.1, 0.15) is 25.6 Å². The Labute approximate surface area is 101 Å². The third-order valence-corrected chi connectivity index (χ3v) is 3.25. The van der Waals surface area contributed by atoms with E-state index in [1.54, 1.807) is 6.33 Å². The van der Waals surface area contributed by atoms with Crippen LogP contribution in [0.3, 0.4) is 0 Å². The quantitative estimate of drug-likeness (QED) is 0.801. The second kappa shape index (κ2) is 5.27. The van der Waals surface area contributed by atoms with Crippen LogP contribution in [0.2, 0.25) is 0 Å². The maximum absolute atomic E-state index is 12.1. The third-order valence-electron chi connectivity index (χ3n) is 3.25. The van der Waals surface area contributed by atoms with Gasteiger partial charge in [0, 0.05) is 13.1 Å². The molecule has 2 heterocycles. The highest BCUT2D eigenvalue weighted by atomic mass is 16.2. The van der Waals surface area contributed by atoms with Crippen LogP contribution in [0.4, 0.5) is 0 Å². The molecule has 1 fully saturated rings. The largest absolute Gasteiger partial charge is 0.334 e. The van der Waals surface area contributed by atoms with Crippen molar-refractivity contribution in [3.63, 3.8) is 0 Å². The Hall–Kier alpha value is -1.43. The van der Waals surface area contributed by atoms with Gasteiger partial charge < -0.3 is 14.8 Å². The molecular weight excluding hydrogens is 218 g/mol. The number of piperidine rings is 1. The molecule has 94 valence electrons. The van der Waals surface area contributed by atoms with Gasteiger partial charge in [0.25, 0.3) is 0 Å². The minimum atomic E-state index is -0.0400. The van der Waals surface area contributed by atoms with Gasteiger partial charge in [-0.25, -0.2) is 0 Å². The van der Waals surface area contributed by atoms with E-state index in [4.69, 9.17) is 0 Å². The van der Waals surface area contributed by atoms with Crippen LogP contribution in [-0.4, -0.2) is 45.2 Å². The number of nitrogens with zero attached hydrogens (tertiary/aromatic N) is 4. The summed E-state index contributed by atoms with van der Waals surface area (Å²) in [4.78, 5) is 14.0. The van der Waals surface area contributed by atoms with Crippen LogP contribution in [0, 0.1) is 0 Å². The molecule has 1 atom stereocenters. The summed E-state index contributed by atoms with van der Waals surface area (Å²) in [5, 5.41) is 11.0. The summed E-state index contributed by atoms with van der Waals surface area (Å²) in [7, 11) is 1.83. The smallest absolute Gasteiger partial charge is 0.240 e. The van der Waals surface area contributed by atoms with Crippen molar-refractivity contribution in [2.24, 2.45) is 0 Å². The highest BCUT2D eigenvalue weighted by Crippen LogP contribution is 2.14. The maximum atomic E-state index is 12.1. The summed E-state index contributed by atoms with van der Waals surface area (Å²) in [6.45, 7) is 4.25. The van der Waals surface area contributed by atoms with Crippen molar-refractivity contribution < 1.29 is 4.79 Å². The highest BCUT2D eigenvalue weighted by Gasteiger charge is 2.28. The second-order valence-corrected chi connectivity index (χ2v) is 4.28. The highest BCUT2D eigenvalue weighted by molar-refractivity contribution is 5.82. The molecule has 1 aromatic rings. The second-order valence-electron chi connectivity index (χ2n) is 4.28. The molecule has 0 saturated carbocycles. The van der Waals surface area contributed by atoms with Crippen molar-refractivity contribution in [3.05, 3.63) is 12.2 Å². The first-order valence-corrected chi connectivity index (χ1v) is 6.09. The fourth-order valence-corrected chi connectivity index (χ4v) is 2.20. The summed E-state index contributed by atoms with van der Waals surface area (Å²) >= 11 is 0. The number of likely N-dealkylation sites (N-methyl/N-ethyl adjacent to an activating group) is 1. The van der Waals surface area contributed by atoms with Gasteiger partial charge in [0.1, 0.15) is 6.33 Å². The lowest BCUT2D eigenvalue weighted by molar-refractivity contribution is -0.136. The molecule has 6 heteroatoms. The van der Waals surface area contributed by atoms with E-state index in [0.29, 0.717) is 6.54 Å². The number of carbonyl (C=O) groups is 1. The normalized spacial score (nSPS) is 20.9. The average Bonchev–Trinajstić information content (AvgIpc) is 2.79. The van der Waals surface area contributed by atoms with Crippen LogP contribution >= 0.6 is 0 Å². The fourth-order valence-electron chi connectivity index (χ4n) is 2.20. The first-order valence-electron chi connectivity index (χ1n) is 6.09. The van der Waals surface area contributed by atoms with Gasteiger partial charge in [-0.15, -0.1) is 10.2 Å². The van der Waals surface area contributed by atoms with Crippen LogP contribution in [0.25, 0.3) is 0 Å². The Morgan fingerprint density at radius 3 is 3.12 bits per heavy atom. The summed E-state index contributed by atoms with van der Waals surface area (Å²) < 4.78 is 1.97. The van der Waals surface area contributed by atoms with Crippen molar-refractivity contribution in [3.8, 4) is 0 Å². The Bertz CT molecular complexity index is 389. The number of carbonyl (C=O) groups excluding carboxylic acids is 1. The van der Waals surface area contributed by atoms with Crippen LogP contribution in [0.15, 0.2) is 6.33 Å². The Kier molecular flexibility index (Phi) is 3.73. The number of rotatable bonds is 4. The molecule has 17 heavy (non-hydrogen) atoms. The minimum absolute atomic E-state index is 0.0400. The van der Waals surface area contributed by atoms with E-state index in [1.807, 2.05) is 23.4 Å². The third kappa shape index (κ3) is 2.46. The predicted molar refractivity (Wildman–Crippen MR) is 63.2 cm³/mol. The first kappa shape index (κ1) is 12.0. The van der Waals surface area contributed by atoms with Gasteiger partial charge >= 0.3 is 0 Å². The maximum Gasteiger partial charge on any atom is 0.240 e. The molecule has 0 radical (unpaired) electrons. The molecule has 0 aliphatic carbocycles. The van der Waals surface area contributed by atoms with Gasteiger partial charge in [-0.2, -0.15) is 0 Å². The summed E-state index contributed by atoms with van der Waals surface area (Å²) in [6.07, 6.45) is 3.67. The van der Waals surface area contributed by atoms with Crippen LogP contribution in [-0.2, 0) is 17.9 Å². The van der Waals surface area contributed by atoms with E-state index < -0.39 is 0 Å². The zero-order chi connectivity index (χ0) is 12.3. The monoisotopic (exact) mass is 237 g/mol. The van der Waals surface area contributed by atoms with Gasteiger partial charge in [0.05, 0.1) is 12.6 Å². The van der Waals surface area contributed by atoms with Gasteiger partial charge in [-0.3, -0.25) is 4.79 Å².